The summed E-state index contributed by atoms with van der Waals surface area (Å²) in [4.78, 5) is 9.03. The van der Waals surface area contributed by atoms with Crippen molar-refractivity contribution >= 4 is 29.9 Å². The van der Waals surface area contributed by atoms with Gasteiger partial charge in [-0.05, 0) is 60.4 Å². The Labute approximate surface area is 212 Å². The molecule has 0 saturated heterocycles. The Morgan fingerprint density at radius 1 is 1.06 bits per heavy atom. The molecule has 1 aromatic heterocycles. The highest BCUT2D eigenvalue weighted by Crippen LogP contribution is 2.25. The summed E-state index contributed by atoms with van der Waals surface area (Å²) < 4.78 is 11.5. The van der Waals surface area contributed by atoms with Crippen LogP contribution in [0.3, 0.4) is 0 Å². The number of hydrogen-bond acceptors (Lipinski definition) is 4. The summed E-state index contributed by atoms with van der Waals surface area (Å²) in [5.74, 6) is 2.67. The van der Waals surface area contributed by atoms with Crippen molar-refractivity contribution in [3.63, 3.8) is 0 Å². The lowest BCUT2D eigenvalue weighted by Gasteiger charge is -2.12. The lowest BCUT2D eigenvalue weighted by molar-refractivity contribution is 0.301. The van der Waals surface area contributed by atoms with Crippen molar-refractivity contribution in [3.05, 3.63) is 89.2 Å². The van der Waals surface area contributed by atoms with Gasteiger partial charge in [-0.15, -0.1) is 24.0 Å². The van der Waals surface area contributed by atoms with Gasteiger partial charge in [-0.3, -0.25) is 4.98 Å². The van der Waals surface area contributed by atoms with Gasteiger partial charge in [-0.1, -0.05) is 30.3 Å². The zero-order valence-corrected chi connectivity index (χ0v) is 21.3. The smallest absolute Gasteiger partial charge is 0.191 e. The Hall–Kier alpha value is -2.81. The number of rotatable bonds is 9. The van der Waals surface area contributed by atoms with Crippen molar-refractivity contribution < 1.29 is 9.47 Å². The van der Waals surface area contributed by atoms with E-state index in [4.69, 9.17) is 14.5 Å². The first-order chi connectivity index (χ1) is 15.8. The maximum atomic E-state index is 5.88. The third-order valence-corrected chi connectivity index (χ3v) is 5.24. The summed E-state index contributed by atoms with van der Waals surface area (Å²) >= 11 is 0. The largest absolute Gasteiger partial charge is 0.493 e. The van der Waals surface area contributed by atoms with Gasteiger partial charge < -0.3 is 20.1 Å². The molecule has 0 fully saturated rings. The number of guanidine groups is 1. The summed E-state index contributed by atoms with van der Waals surface area (Å²) in [7, 11) is 0. The van der Waals surface area contributed by atoms with E-state index in [0.29, 0.717) is 13.2 Å². The van der Waals surface area contributed by atoms with Crippen molar-refractivity contribution in [3.8, 4) is 11.5 Å². The van der Waals surface area contributed by atoms with Crippen LogP contribution in [-0.4, -0.2) is 30.6 Å². The van der Waals surface area contributed by atoms with E-state index in [-0.39, 0.29) is 24.0 Å². The predicted molar refractivity (Wildman–Crippen MR) is 143 cm³/mol. The van der Waals surface area contributed by atoms with Gasteiger partial charge in [-0.25, -0.2) is 4.99 Å². The van der Waals surface area contributed by atoms with Crippen molar-refractivity contribution in [1.82, 2.24) is 15.6 Å². The van der Waals surface area contributed by atoms with Gasteiger partial charge in [0, 0.05) is 25.7 Å². The molecule has 2 heterocycles. The molecule has 2 aromatic carbocycles. The number of nitrogens with zero attached hydrogens (tertiary/aromatic N) is 2. The highest BCUT2D eigenvalue weighted by atomic mass is 127. The van der Waals surface area contributed by atoms with Crippen LogP contribution in [0.5, 0.6) is 11.5 Å². The fraction of sp³-hybridized carbons (Fsp3) is 0.308. The van der Waals surface area contributed by atoms with Crippen LogP contribution < -0.4 is 20.1 Å². The minimum Gasteiger partial charge on any atom is -0.493 e. The molecule has 174 valence electrons. The number of hydrogen-bond donors (Lipinski definition) is 2. The molecule has 3 aromatic rings. The second kappa shape index (κ2) is 13.0. The first-order valence-electron chi connectivity index (χ1n) is 11.2. The van der Waals surface area contributed by atoms with Crippen molar-refractivity contribution in [1.29, 1.82) is 0 Å². The molecule has 33 heavy (non-hydrogen) atoms. The minimum atomic E-state index is 0. The molecule has 0 spiro atoms. The van der Waals surface area contributed by atoms with Crippen LogP contribution in [0.1, 0.15) is 29.3 Å². The number of fused-ring (bicyclic) bond motifs is 1. The summed E-state index contributed by atoms with van der Waals surface area (Å²) in [6.07, 6.45) is 3.72. The molecule has 0 bridgehead atoms. The molecule has 0 radical (unpaired) electrons. The Bertz CT molecular complexity index is 1040. The van der Waals surface area contributed by atoms with Crippen LogP contribution in [0.15, 0.2) is 71.9 Å². The topological polar surface area (TPSA) is 67.8 Å². The van der Waals surface area contributed by atoms with Crippen LogP contribution in [-0.2, 0) is 26.0 Å². The molecule has 1 aliphatic rings. The maximum absolute atomic E-state index is 5.88. The molecule has 4 rings (SSSR count). The van der Waals surface area contributed by atoms with Gasteiger partial charge in [-0.2, -0.15) is 0 Å². The van der Waals surface area contributed by atoms with Gasteiger partial charge in [0.15, 0.2) is 5.96 Å². The van der Waals surface area contributed by atoms with Crippen LogP contribution >= 0.6 is 24.0 Å². The second-order valence-electron chi connectivity index (χ2n) is 7.67. The van der Waals surface area contributed by atoms with Gasteiger partial charge in [0.25, 0.3) is 0 Å². The Morgan fingerprint density at radius 2 is 2.00 bits per heavy atom. The highest BCUT2D eigenvalue weighted by Gasteiger charge is 2.11. The lowest BCUT2D eigenvalue weighted by Crippen LogP contribution is -2.38. The monoisotopic (exact) mass is 558 g/mol. The fourth-order valence-corrected chi connectivity index (χ4v) is 3.61. The summed E-state index contributed by atoms with van der Waals surface area (Å²) in [6.45, 7) is 5.53. The molecule has 0 amide bonds. The second-order valence-corrected chi connectivity index (χ2v) is 7.67. The molecule has 7 heteroatoms. The highest BCUT2D eigenvalue weighted by molar-refractivity contribution is 14.0. The molecule has 0 saturated carbocycles. The molecule has 0 unspecified atom stereocenters. The third kappa shape index (κ3) is 7.63. The summed E-state index contributed by atoms with van der Waals surface area (Å²) in [5, 5.41) is 6.76. The Kier molecular flexibility index (Phi) is 9.80. The number of pyridine rings is 1. The fourth-order valence-electron chi connectivity index (χ4n) is 3.61. The molecule has 0 aliphatic carbocycles. The molecule has 1 aliphatic heterocycles. The number of aromatic nitrogens is 1. The Morgan fingerprint density at radius 3 is 2.85 bits per heavy atom. The number of aliphatic imine (C=N–C) groups is 1. The van der Waals surface area contributed by atoms with E-state index < -0.39 is 0 Å². The zero-order chi connectivity index (χ0) is 22.0. The van der Waals surface area contributed by atoms with E-state index in [1.807, 2.05) is 36.4 Å². The molecule has 6 nitrogen and oxygen atoms in total. The summed E-state index contributed by atoms with van der Waals surface area (Å²) in [6, 6.07) is 20.4. The van der Waals surface area contributed by atoms with Gasteiger partial charge in [0.05, 0.1) is 18.8 Å². The maximum Gasteiger partial charge on any atom is 0.191 e. The van der Waals surface area contributed by atoms with Crippen LogP contribution in [0.25, 0.3) is 0 Å². The van der Waals surface area contributed by atoms with Crippen LogP contribution in [0.4, 0.5) is 0 Å². The van der Waals surface area contributed by atoms with Crippen molar-refractivity contribution in [2.24, 2.45) is 4.99 Å². The van der Waals surface area contributed by atoms with Crippen LogP contribution in [0.2, 0.25) is 0 Å². The molecule has 2 N–H and O–H groups in total. The SMILES string of the molecule is CCNC(=NCc1cccc(OCc2ccccn2)c1)NCCc1ccc2c(c1)CCO2.I. The van der Waals surface area contributed by atoms with E-state index in [1.54, 1.807) is 6.20 Å². The number of ether oxygens (including phenoxy) is 2. The number of benzene rings is 2. The average Bonchev–Trinajstić information content (AvgIpc) is 3.30. The van der Waals surface area contributed by atoms with E-state index in [9.17, 15) is 0 Å². The summed E-state index contributed by atoms with van der Waals surface area (Å²) in [5.41, 5.74) is 4.63. The minimum absolute atomic E-state index is 0. The van der Waals surface area contributed by atoms with E-state index in [0.717, 1.165) is 61.3 Å². The van der Waals surface area contributed by atoms with Gasteiger partial charge >= 0.3 is 0 Å². The first kappa shape index (κ1) is 24.8. The van der Waals surface area contributed by atoms with Gasteiger partial charge in [0.2, 0.25) is 0 Å². The van der Waals surface area contributed by atoms with Crippen molar-refractivity contribution in [2.45, 2.75) is 32.9 Å². The third-order valence-electron chi connectivity index (χ3n) is 5.24. The molecular weight excluding hydrogens is 527 g/mol. The van der Waals surface area contributed by atoms with Gasteiger partial charge in [0.1, 0.15) is 18.1 Å². The van der Waals surface area contributed by atoms with E-state index >= 15 is 0 Å². The predicted octanol–water partition coefficient (Wildman–Crippen LogP) is 4.51. The van der Waals surface area contributed by atoms with Crippen molar-refractivity contribution in [2.75, 3.05) is 19.7 Å². The number of halogens is 1. The standard InChI is InChI=1S/C26H30N4O2.HI/c1-2-27-26(29-14-11-20-9-10-25-22(16-20)12-15-31-25)30-18-21-6-5-8-24(17-21)32-19-23-7-3-4-13-28-23;/h3-10,13,16-17H,2,11-12,14-15,18-19H2,1H3,(H2,27,29,30);1H. The lowest BCUT2D eigenvalue weighted by atomic mass is 10.1. The number of nitrogens with one attached hydrogen (secondary N) is 2. The first-order valence-corrected chi connectivity index (χ1v) is 11.2. The van der Waals surface area contributed by atoms with E-state index in [2.05, 4.69) is 46.8 Å². The zero-order valence-electron chi connectivity index (χ0n) is 18.9. The quantitative estimate of drug-likeness (QED) is 0.230. The molecule has 0 atom stereocenters. The van der Waals surface area contributed by atoms with E-state index in [1.165, 1.54) is 11.1 Å². The molecular formula is C26H31IN4O2. The normalized spacial score (nSPS) is 12.3. The average molecular weight is 558 g/mol. The van der Waals surface area contributed by atoms with Crippen LogP contribution in [0, 0.1) is 0 Å². The Balaban J connectivity index is 0.00000306.